The van der Waals surface area contributed by atoms with Crippen molar-refractivity contribution in [3.05, 3.63) is 18.9 Å². The summed E-state index contributed by atoms with van der Waals surface area (Å²) < 4.78 is 0.564. The van der Waals surface area contributed by atoms with E-state index in [4.69, 9.17) is 10.4 Å². The molecule has 0 aromatic carbocycles. The number of hydrogen-bond acceptors (Lipinski definition) is 3. The molecule has 0 spiro atoms. The van der Waals surface area contributed by atoms with Gasteiger partial charge in [-0.25, -0.2) is 4.79 Å². The molecule has 0 bridgehead atoms. The number of rotatable bonds is 2. The molecule has 1 rings (SSSR count). The molecule has 0 radical (unpaired) electrons. The van der Waals surface area contributed by atoms with Crippen molar-refractivity contribution in [2.75, 3.05) is 0 Å². The average molecular weight is 307 g/mol. The number of carbonyl (C=O) groups is 1. The third-order valence-corrected chi connectivity index (χ3v) is 4.32. The lowest BCUT2D eigenvalue weighted by Gasteiger charge is -1.88. The Bertz CT molecular complexity index is 392. The van der Waals surface area contributed by atoms with E-state index in [0.29, 0.717) is 15.6 Å². The zero-order chi connectivity index (χ0) is 10.0. The predicted molar refractivity (Wildman–Crippen MR) is 58.1 cm³/mol. The Kier molecular flexibility index (Phi) is 3.27. The van der Waals surface area contributed by atoms with Crippen LogP contribution in [0.25, 0.3) is 0 Å². The smallest absolute Gasteiger partial charge is 0.347 e. The van der Waals surface area contributed by atoms with Gasteiger partial charge < -0.3 is 5.11 Å². The van der Waals surface area contributed by atoms with Crippen LogP contribution in [0.5, 0.6) is 0 Å². The van der Waals surface area contributed by atoms with Gasteiger partial charge in [0.1, 0.15) is 10.9 Å². The number of halogens is 1. The first kappa shape index (κ1) is 10.5. The van der Waals surface area contributed by atoms with Crippen LogP contribution in [0.1, 0.15) is 27.0 Å². The molecule has 1 aromatic rings. The van der Waals surface area contributed by atoms with Crippen LogP contribution in [0.4, 0.5) is 0 Å². The Morgan fingerprint density at radius 2 is 2.38 bits per heavy atom. The Morgan fingerprint density at radius 3 is 2.69 bits per heavy atom. The minimum absolute atomic E-state index is 0.272. The SMILES string of the molecule is CCc1sc(C(=O)O)c(I)c1C#N. The second-order valence-electron chi connectivity index (χ2n) is 2.31. The van der Waals surface area contributed by atoms with Gasteiger partial charge in [0.05, 0.1) is 9.13 Å². The molecule has 1 aromatic heterocycles. The number of thiophene rings is 1. The summed E-state index contributed by atoms with van der Waals surface area (Å²) in [6.45, 7) is 1.91. The minimum atomic E-state index is -0.953. The summed E-state index contributed by atoms with van der Waals surface area (Å²) in [4.78, 5) is 11.8. The molecule has 0 saturated carbocycles. The summed E-state index contributed by atoms with van der Waals surface area (Å²) in [5, 5.41) is 17.6. The highest BCUT2D eigenvalue weighted by Gasteiger charge is 2.19. The summed E-state index contributed by atoms with van der Waals surface area (Å²) in [5.74, 6) is -0.953. The number of aromatic carboxylic acids is 1. The topological polar surface area (TPSA) is 61.1 Å². The fourth-order valence-corrected chi connectivity index (χ4v) is 3.06. The van der Waals surface area contributed by atoms with Gasteiger partial charge >= 0.3 is 5.97 Å². The van der Waals surface area contributed by atoms with E-state index in [0.717, 1.165) is 4.88 Å². The van der Waals surface area contributed by atoms with Gasteiger partial charge in [-0.1, -0.05) is 6.92 Å². The van der Waals surface area contributed by atoms with Gasteiger partial charge in [0.2, 0.25) is 0 Å². The van der Waals surface area contributed by atoms with Crippen molar-refractivity contribution in [1.29, 1.82) is 5.26 Å². The molecule has 1 N–H and O–H groups in total. The van der Waals surface area contributed by atoms with Crippen LogP contribution < -0.4 is 0 Å². The van der Waals surface area contributed by atoms with E-state index >= 15 is 0 Å². The number of hydrogen-bond donors (Lipinski definition) is 1. The van der Waals surface area contributed by atoms with Crippen molar-refractivity contribution < 1.29 is 9.90 Å². The largest absolute Gasteiger partial charge is 0.477 e. The monoisotopic (exact) mass is 307 g/mol. The predicted octanol–water partition coefficient (Wildman–Crippen LogP) is 2.48. The van der Waals surface area contributed by atoms with Crippen molar-refractivity contribution in [3.8, 4) is 6.07 Å². The van der Waals surface area contributed by atoms with Crippen LogP contribution in [0.15, 0.2) is 0 Å². The van der Waals surface area contributed by atoms with Gasteiger partial charge in [-0.15, -0.1) is 11.3 Å². The third kappa shape index (κ3) is 1.84. The summed E-state index contributed by atoms with van der Waals surface area (Å²) in [6.07, 6.45) is 0.705. The van der Waals surface area contributed by atoms with Crippen LogP contribution in [0, 0.1) is 14.9 Å². The van der Waals surface area contributed by atoms with E-state index in [1.54, 1.807) is 0 Å². The fourth-order valence-electron chi connectivity index (χ4n) is 0.953. The van der Waals surface area contributed by atoms with Gasteiger partial charge in [-0.3, -0.25) is 0 Å². The van der Waals surface area contributed by atoms with Gasteiger partial charge in [-0.05, 0) is 29.0 Å². The van der Waals surface area contributed by atoms with E-state index in [9.17, 15) is 4.79 Å². The first-order valence-electron chi connectivity index (χ1n) is 3.56. The maximum atomic E-state index is 10.7. The Hall–Kier alpha value is -0.610. The summed E-state index contributed by atoms with van der Waals surface area (Å²) in [6, 6.07) is 2.03. The van der Waals surface area contributed by atoms with Crippen LogP contribution >= 0.6 is 33.9 Å². The molecule has 0 aliphatic rings. The van der Waals surface area contributed by atoms with E-state index in [2.05, 4.69) is 0 Å². The Labute approximate surface area is 93.1 Å². The molecule has 0 amide bonds. The summed E-state index contributed by atoms with van der Waals surface area (Å²) >= 11 is 3.10. The van der Waals surface area contributed by atoms with Crippen LogP contribution in [0.3, 0.4) is 0 Å². The number of aryl methyl sites for hydroxylation is 1. The van der Waals surface area contributed by atoms with Crippen LogP contribution in [-0.2, 0) is 6.42 Å². The standard InChI is InChI=1S/C8H6INO2S/c1-2-5-4(3-10)6(9)7(13-5)8(11)12/h2H2,1H3,(H,11,12). The molecular formula is C8H6INO2S. The van der Waals surface area contributed by atoms with Crippen molar-refractivity contribution in [3.63, 3.8) is 0 Å². The molecule has 0 fully saturated rings. The highest BCUT2D eigenvalue weighted by molar-refractivity contribution is 14.1. The van der Waals surface area contributed by atoms with Gasteiger partial charge in [0.25, 0.3) is 0 Å². The maximum Gasteiger partial charge on any atom is 0.347 e. The van der Waals surface area contributed by atoms with E-state index in [1.807, 2.05) is 35.6 Å². The molecule has 0 unspecified atom stereocenters. The second kappa shape index (κ2) is 4.07. The lowest BCUT2D eigenvalue weighted by molar-refractivity contribution is 0.0701. The van der Waals surface area contributed by atoms with E-state index in [1.165, 1.54) is 11.3 Å². The molecule has 3 nitrogen and oxygen atoms in total. The Balaban J connectivity index is 3.37. The normalized spacial score (nSPS) is 9.62. The molecule has 0 saturated heterocycles. The first-order valence-corrected chi connectivity index (χ1v) is 5.45. The third-order valence-electron chi connectivity index (χ3n) is 1.55. The highest BCUT2D eigenvalue weighted by atomic mass is 127. The molecule has 68 valence electrons. The summed E-state index contributed by atoms with van der Waals surface area (Å²) in [5.41, 5.74) is 0.519. The molecule has 0 aliphatic heterocycles. The first-order chi connectivity index (χ1) is 6.11. The molecule has 5 heteroatoms. The fraction of sp³-hybridized carbons (Fsp3) is 0.250. The zero-order valence-corrected chi connectivity index (χ0v) is 9.77. The van der Waals surface area contributed by atoms with Gasteiger partial charge in [0, 0.05) is 4.88 Å². The zero-order valence-electron chi connectivity index (χ0n) is 6.80. The van der Waals surface area contributed by atoms with Gasteiger partial charge in [-0.2, -0.15) is 5.26 Å². The molecule has 0 atom stereocenters. The average Bonchev–Trinajstić information content (AvgIpc) is 2.41. The van der Waals surface area contributed by atoms with E-state index in [-0.39, 0.29) is 4.88 Å². The van der Waals surface area contributed by atoms with E-state index < -0.39 is 5.97 Å². The molecule has 13 heavy (non-hydrogen) atoms. The second-order valence-corrected chi connectivity index (χ2v) is 4.50. The lowest BCUT2D eigenvalue weighted by Crippen LogP contribution is -1.94. The number of nitrogens with zero attached hydrogens (tertiary/aromatic N) is 1. The molecular weight excluding hydrogens is 301 g/mol. The molecule has 1 heterocycles. The highest BCUT2D eigenvalue weighted by Crippen LogP contribution is 2.29. The van der Waals surface area contributed by atoms with Crippen molar-refractivity contribution in [2.24, 2.45) is 0 Å². The van der Waals surface area contributed by atoms with Crippen molar-refractivity contribution in [1.82, 2.24) is 0 Å². The van der Waals surface area contributed by atoms with Crippen molar-refractivity contribution in [2.45, 2.75) is 13.3 Å². The number of nitriles is 1. The number of carboxylic acids is 1. The van der Waals surface area contributed by atoms with Crippen molar-refractivity contribution >= 4 is 39.9 Å². The Morgan fingerprint density at radius 1 is 1.77 bits per heavy atom. The van der Waals surface area contributed by atoms with Gasteiger partial charge in [0.15, 0.2) is 0 Å². The lowest BCUT2D eigenvalue weighted by atomic mass is 10.2. The van der Waals surface area contributed by atoms with Crippen LogP contribution in [0.2, 0.25) is 0 Å². The quantitative estimate of drug-likeness (QED) is 0.854. The minimum Gasteiger partial charge on any atom is -0.477 e. The van der Waals surface area contributed by atoms with Crippen LogP contribution in [-0.4, -0.2) is 11.1 Å². The molecule has 0 aliphatic carbocycles. The number of carboxylic acid groups (broad SMARTS) is 1. The summed E-state index contributed by atoms with van der Waals surface area (Å²) in [7, 11) is 0. The maximum absolute atomic E-state index is 10.7.